The molecule has 0 saturated heterocycles. The SMILES string of the molecule is CC(C)(C)OC(=O)N(CC(=O)O)c1cccc(OCCCN(Cc2cccc(C(F)(F)F)c2Cl)CC(c2ccccc2)c2ccccc2)c1. The third-order valence-electron chi connectivity index (χ3n) is 7.55. The fourth-order valence-corrected chi connectivity index (χ4v) is 5.65. The molecule has 0 aliphatic heterocycles. The van der Waals surface area contributed by atoms with Crippen molar-refractivity contribution in [3.63, 3.8) is 0 Å². The maximum Gasteiger partial charge on any atom is 0.417 e. The van der Waals surface area contributed by atoms with Crippen LogP contribution in [0.4, 0.5) is 23.7 Å². The molecule has 0 radical (unpaired) electrons. The van der Waals surface area contributed by atoms with Gasteiger partial charge in [-0.1, -0.05) is 90.5 Å². The van der Waals surface area contributed by atoms with Crippen molar-refractivity contribution in [2.75, 3.05) is 31.1 Å². The molecule has 0 aliphatic carbocycles. The zero-order valence-corrected chi connectivity index (χ0v) is 28.4. The number of hydrogen-bond donors (Lipinski definition) is 1. The number of benzene rings is 4. The molecule has 4 aromatic carbocycles. The fraction of sp³-hybridized carbons (Fsp3) is 0.316. The van der Waals surface area contributed by atoms with Crippen molar-refractivity contribution in [3.8, 4) is 5.75 Å². The van der Waals surface area contributed by atoms with Crippen molar-refractivity contribution in [1.82, 2.24) is 4.90 Å². The van der Waals surface area contributed by atoms with E-state index in [1.807, 2.05) is 60.7 Å². The number of ether oxygens (including phenoxy) is 2. The molecule has 4 aromatic rings. The van der Waals surface area contributed by atoms with Gasteiger partial charge < -0.3 is 14.6 Å². The Balaban J connectivity index is 1.54. The Labute approximate surface area is 289 Å². The highest BCUT2D eigenvalue weighted by Crippen LogP contribution is 2.37. The molecule has 1 N–H and O–H groups in total. The van der Waals surface area contributed by atoms with E-state index in [-0.39, 0.29) is 24.1 Å². The van der Waals surface area contributed by atoms with Crippen LogP contribution in [0.1, 0.15) is 55.4 Å². The van der Waals surface area contributed by atoms with E-state index in [4.69, 9.17) is 21.1 Å². The van der Waals surface area contributed by atoms with Crippen molar-refractivity contribution in [2.45, 2.75) is 51.4 Å². The van der Waals surface area contributed by atoms with Gasteiger partial charge in [0.05, 0.1) is 22.9 Å². The van der Waals surface area contributed by atoms with Gasteiger partial charge in [-0.15, -0.1) is 0 Å². The normalized spacial score (nSPS) is 11.9. The van der Waals surface area contributed by atoms with E-state index >= 15 is 0 Å². The molecule has 0 aliphatic rings. The Bertz CT molecular complexity index is 1640. The van der Waals surface area contributed by atoms with Crippen LogP contribution in [0.2, 0.25) is 5.02 Å². The summed E-state index contributed by atoms with van der Waals surface area (Å²) in [6.45, 7) is 5.84. The Morgan fingerprint density at radius 2 is 1.47 bits per heavy atom. The average Bonchev–Trinajstić information content (AvgIpc) is 3.04. The van der Waals surface area contributed by atoms with E-state index in [1.54, 1.807) is 51.1 Å². The lowest BCUT2D eigenvalue weighted by Crippen LogP contribution is -2.40. The van der Waals surface area contributed by atoms with E-state index in [2.05, 4.69) is 4.90 Å². The van der Waals surface area contributed by atoms with Crippen LogP contribution in [0.5, 0.6) is 5.75 Å². The smallest absolute Gasteiger partial charge is 0.417 e. The molecule has 7 nitrogen and oxygen atoms in total. The maximum absolute atomic E-state index is 13.7. The zero-order chi connectivity index (χ0) is 35.6. The number of hydrogen-bond acceptors (Lipinski definition) is 5. The number of aliphatic carboxylic acids is 1. The lowest BCUT2D eigenvalue weighted by Gasteiger charge is -2.29. The molecule has 0 bridgehead atoms. The second-order valence-corrected chi connectivity index (χ2v) is 12.9. The van der Waals surface area contributed by atoms with Crippen molar-refractivity contribution in [2.24, 2.45) is 0 Å². The molecule has 0 atom stereocenters. The molecule has 11 heteroatoms. The van der Waals surface area contributed by atoms with E-state index in [0.717, 1.165) is 22.1 Å². The van der Waals surface area contributed by atoms with Crippen molar-refractivity contribution >= 4 is 29.4 Å². The molecule has 0 spiro atoms. The quantitative estimate of drug-likeness (QED) is 0.132. The number of carboxylic acids is 1. The highest BCUT2D eigenvalue weighted by molar-refractivity contribution is 6.32. The number of carboxylic acid groups (broad SMARTS) is 1. The van der Waals surface area contributed by atoms with Gasteiger partial charge in [-0.25, -0.2) is 4.79 Å². The van der Waals surface area contributed by atoms with Gasteiger partial charge in [0.25, 0.3) is 0 Å². The summed E-state index contributed by atoms with van der Waals surface area (Å²) in [4.78, 5) is 27.4. The predicted molar refractivity (Wildman–Crippen MR) is 184 cm³/mol. The minimum Gasteiger partial charge on any atom is -0.493 e. The highest BCUT2D eigenvalue weighted by Gasteiger charge is 2.34. The summed E-state index contributed by atoms with van der Waals surface area (Å²) in [5, 5.41) is 9.10. The number of alkyl halides is 3. The summed E-state index contributed by atoms with van der Waals surface area (Å²) in [6, 6.07) is 30.3. The molecule has 0 heterocycles. The molecule has 49 heavy (non-hydrogen) atoms. The number of nitrogens with zero attached hydrogens (tertiary/aromatic N) is 2. The molecule has 0 aromatic heterocycles. The number of halogens is 4. The highest BCUT2D eigenvalue weighted by atomic mass is 35.5. The first-order valence-corrected chi connectivity index (χ1v) is 16.2. The summed E-state index contributed by atoms with van der Waals surface area (Å²) >= 11 is 6.33. The Morgan fingerprint density at radius 3 is 2.04 bits per heavy atom. The van der Waals surface area contributed by atoms with Crippen LogP contribution in [0, 0.1) is 0 Å². The van der Waals surface area contributed by atoms with Crippen LogP contribution in [-0.2, 0) is 22.3 Å². The molecule has 260 valence electrons. The minimum atomic E-state index is -4.58. The number of amides is 1. The summed E-state index contributed by atoms with van der Waals surface area (Å²) in [7, 11) is 0. The van der Waals surface area contributed by atoms with E-state index in [1.165, 1.54) is 6.07 Å². The van der Waals surface area contributed by atoms with E-state index in [9.17, 15) is 27.9 Å². The lowest BCUT2D eigenvalue weighted by atomic mass is 9.90. The van der Waals surface area contributed by atoms with Gasteiger partial charge in [-0.3, -0.25) is 14.6 Å². The summed E-state index contributed by atoms with van der Waals surface area (Å²) in [5.41, 5.74) is 1.09. The second-order valence-electron chi connectivity index (χ2n) is 12.5. The van der Waals surface area contributed by atoms with Crippen LogP contribution in [0.25, 0.3) is 0 Å². The van der Waals surface area contributed by atoms with E-state index in [0.29, 0.717) is 36.5 Å². The molecule has 0 saturated carbocycles. The zero-order valence-electron chi connectivity index (χ0n) is 27.6. The number of anilines is 1. The first-order chi connectivity index (χ1) is 23.2. The summed E-state index contributed by atoms with van der Waals surface area (Å²) < 4.78 is 52.6. The number of rotatable bonds is 14. The topological polar surface area (TPSA) is 79.3 Å². The van der Waals surface area contributed by atoms with Gasteiger partial charge in [-0.2, -0.15) is 13.2 Å². The van der Waals surface area contributed by atoms with Crippen LogP contribution in [0.3, 0.4) is 0 Å². The monoisotopic (exact) mass is 696 g/mol. The van der Waals surface area contributed by atoms with Gasteiger partial charge in [0.15, 0.2) is 0 Å². The summed E-state index contributed by atoms with van der Waals surface area (Å²) in [6.07, 6.45) is -4.88. The van der Waals surface area contributed by atoms with Crippen LogP contribution < -0.4 is 9.64 Å². The molecule has 0 fully saturated rings. The van der Waals surface area contributed by atoms with Gasteiger partial charge in [-0.05, 0) is 62.1 Å². The van der Waals surface area contributed by atoms with Gasteiger partial charge in [0, 0.05) is 31.6 Å². The number of carbonyl (C=O) groups is 2. The standard InChI is InChI=1S/C38H40ClF3N2O5/c1-37(2,3)49-36(47)44(26-34(45)46)30-18-11-19-31(23-30)48-22-12-21-43(24-29-17-10-20-33(35(29)39)38(40,41)42)25-32(27-13-6-4-7-14-27)28-15-8-5-9-16-28/h4-11,13-20,23,32H,12,21-22,24-26H2,1-3H3,(H,45,46). The van der Waals surface area contributed by atoms with E-state index < -0.39 is 35.9 Å². The Kier molecular flexibility index (Phi) is 12.7. The minimum absolute atomic E-state index is 0.0716. The van der Waals surface area contributed by atoms with Crippen molar-refractivity contribution in [1.29, 1.82) is 0 Å². The maximum atomic E-state index is 13.7. The Morgan fingerprint density at radius 1 is 0.857 bits per heavy atom. The largest absolute Gasteiger partial charge is 0.493 e. The van der Waals surface area contributed by atoms with Crippen LogP contribution >= 0.6 is 11.6 Å². The molecule has 1 amide bonds. The predicted octanol–water partition coefficient (Wildman–Crippen LogP) is 9.29. The molecular weight excluding hydrogens is 657 g/mol. The Hall–Kier alpha value is -4.54. The van der Waals surface area contributed by atoms with Gasteiger partial charge in [0.1, 0.15) is 17.9 Å². The first kappa shape index (κ1) is 37.3. The molecular formula is C38H40ClF3N2O5. The summed E-state index contributed by atoms with van der Waals surface area (Å²) in [5.74, 6) is -0.865. The lowest BCUT2D eigenvalue weighted by molar-refractivity contribution is -0.137. The van der Waals surface area contributed by atoms with Crippen molar-refractivity contribution in [3.05, 3.63) is 130 Å². The van der Waals surface area contributed by atoms with Gasteiger partial charge >= 0.3 is 18.2 Å². The van der Waals surface area contributed by atoms with Crippen molar-refractivity contribution < 1.29 is 37.3 Å². The average molecular weight is 697 g/mol. The number of carbonyl (C=O) groups excluding carboxylic acids is 1. The van der Waals surface area contributed by atoms with Crippen LogP contribution in [0.15, 0.2) is 103 Å². The van der Waals surface area contributed by atoms with Gasteiger partial charge in [0.2, 0.25) is 0 Å². The fourth-order valence-electron chi connectivity index (χ4n) is 5.36. The first-order valence-electron chi connectivity index (χ1n) is 15.8. The second kappa shape index (κ2) is 16.7. The third-order valence-corrected chi connectivity index (χ3v) is 7.99. The molecule has 4 rings (SSSR count). The molecule has 0 unspecified atom stereocenters. The van der Waals surface area contributed by atoms with Crippen LogP contribution in [-0.4, -0.2) is 53.9 Å². The third kappa shape index (κ3) is 11.3.